The number of unbranched alkanes of at least 4 members (excludes halogenated alkanes) is 23. The molecule has 0 aromatic heterocycles. The lowest BCUT2D eigenvalue weighted by Crippen LogP contribution is -2.45. The molecule has 0 aliphatic heterocycles. The van der Waals surface area contributed by atoms with Crippen LogP contribution in [0.1, 0.15) is 206 Å². The number of amides is 1. The average molecular weight is 698 g/mol. The van der Waals surface area contributed by atoms with E-state index in [4.69, 9.17) is 0 Å². The van der Waals surface area contributed by atoms with Crippen molar-refractivity contribution in [2.75, 3.05) is 6.61 Å². The van der Waals surface area contributed by atoms with Gasteiger partial charge in [0.15, 0.2) is 0 Å². The molecular weight excluding hydrogens is 615 g/mol. The number of hydrogen-bond acceptors (Lipinski definition) is 3. The summed E-state index contributed by atoms with van der Waals surface area (Å²) in [5, 5.41) is 23.0. The molecule has 0 heterocycles. The molecule has 0 saturated carbocycles. The highest BCUT2D eigenvalue weighted by atomic mass is 16.3. The van der Waals surface area contributed by atoms with E-state index in [1.807, 2.05) is 6.08 Å². The summed E-state index contributed by atoms with van der Waals surface area (Å²) in [6, 6.07) is -0.649. The van der Waals surface area contributed by atoms with Crippen molar-refractivity contribution in [3.05, 3.63) is 60.8 Å². The first-order valence-electron chi connectivity index (χ1n) is 21.5. The molecular formula is C46H83NO3. The Morgan fingerprint density at radius 3 is 1.28 bits per heavy atom. The number of nitrogens with one attached hydrogen (secondary N) is 1. The summed E-state index contributed by atoms with van der Waals surface area (Å²) >= 11 is 0. The van der Waals surface area contributed by atoms with E-state index in [0.29, 0.717) is 6.42 Å². The predicted molar refractivity (Wildman–Crippen MR) is 221 cm³/mol. The lowest BCUT2D eigenvalue weighted by atomic mass is 10.1. The molecule has 2 unspecified atom stereocenters. The molecule has 0 aromatic carbocycles. The summed E-state index contributed by atoms with van der Waals surface area (Å²) < 4.78 is 0. The molecule has 0 aromatic rings. The van der Waals surface area contributed by atoms with Crippen LogP contribution in [0.3, 0.4) is 0 Å². The molecule has 4 nitrogen and oxygen atoms in total. The predicted octanol–water partition coefficient (Wildman–Crippen LogP) is 13.3. The van der Waals surface area contributed by atoms with E-state index >= 15 is 0 Å². The molecule has 0 rings (SSSR count). The van der Waals surface area contributed by atoms with E-state index < -0.39 is 12.1 Å². The fourth-order valence-corrected chi connectivity index (χ4v) is 6.12. The molecule has 3 N–H and O–H groups in total. The van der Waals surface area contributed by atoms with Gasteiger partial charge in [-0.3, -0.25) is 4.79 Å². The molecule has 0 spiro atoms. The van der Waals surface area contributed by atoms with Crippen molar-refractivity contribution >= 4 is 5.91 Å². The third-order valence-electron chi connectivity index (χ3n) is 9.45. The number of carbonyl (C=O) groups excluding carboxylic acids is 1. The number of hydrogen-bond donors (Lipinski definition) is 3. The Bertz CT molecular complexity index is 842. The maximum Gasteiger partial charge on any atom is 0.220 e. The Balaban J connectivity index is 3.66. The highest BCUT2D eigenvalue weighted by Gasteiger charge is 2.17. The first-order chi connectivity index (χ1) is 24.7. The summed E-state index contributed by atoms with van der Waals surface area (Å²) in [7, 11) is 0. The number of carbonyl (C=O) groups is 1. The van der Waals surface area contributed by atoms with Crippen LogP contribution in [0.4, 0.5) is 0 Å². The van der Waals surface area contributed by atoms with Crippen LogP contribution in [0.5, 0.6) is 0 Å². The van der Waals surface area contributed by atoms with Gasteiger partial charge in [-0.25, -0.2) is 0 Å². The van der Waals surface area contributed by atoms with Crippen molar-refractivity contribution in [1.82, 2.24) is 5.32 Å². The van der Waals surface area contributed by atoms with Crippen LogP contribution in [0.15, 0.2) is 60.8 Å². The quantitative estimate of drug-likeness (QED) is 0.0444. The van der Waals surface area contributed by atoms with Gasteiger partial charge in [0, 0.05) is 6.42 Å². The molecule has 1 amide bonds. The molecule has 2 atom stereocenters. The molecule has 0 bridgehead atoms. The van der Waals surface area contributed by atoms with Crippen molar-refractivity contribution in [3.8, 4) is 0 Å². The maximum absolute atomic E-state index is 12.4. The highest BCUT2D eigenvalue weighted by Crippen LogP contribution is 2.13. The standard InChI is InChI=1S/C46H83NO3/c1-3-5-7-9-11-13-15-17-19-21-22-23-24-26-28-30-32-34-36-38-40-42-46(50)47-44(43-48)45(49)41-39-37-35-33-31-29-27-25-20-18-16-14-12-10-8-6-4-2/h15,17,20-22,25,31,33,39,41,44-45,48-49H,3-14,16,18-19,23-24,26-30,32,34-38,40,42-43H2,1-2H3,(H,47,50)/b17-15-,22-21-,25-20+,33-31+,41-39+. The second-order valence-corrected chi connectivity index (χ2v) is 14.4. The van der Waals surface area contributed by atoms with Crippen LogP contribution < -0.4 is 5.32 Å². The van der Waals surface area contributed by atoms with Crippen LogP contribution >= 0.6 is 0 Å². The lowest BCUT2D eigenvalue weighted by molar-refractivity contribution is -0.123. The second kappa shape index (κ2) is 41.5. The third kappa shape index (κ3) is 37.3. The summed E-state index contributed by atoms with van der Waals surface area (Å²) in [6.07, 6.45) is 57.5. The molecule has 4 heteroatoms. The van der Waals surface area contributed by atoms with Crippen molar-refractivity contribution in [3.63, 3.8) is 0 Å². The van der Waals surface area contributed by atoms with Gasteiger partial charge >= 0.3 is 0 Å². The monoisotopic (exact) mass is 698 g/mol. The number of aliphatic hydroxyl groups is 2. The van der Waals surface area contributed by atoms with Gasteiger partial charge in [0.25, 0.3) is 0 Å². The summed E-state index contributed by atoms with van der Waals surface area (Å²) in [6.45, 7) is 4.27. The van der Waals surface area contributed by atoms with Crippen molar-refractivity contribution in [1.29, 1.82) is 0 Å². The van der Waals surface area contributed by atoms with Gasteiger partial charge in [-0.2, -0.15) is 0 Å². The molecule has 0 aliphatic rings. The molecule has 290 valence electrons. The Hall–Kier alpha value is -1.91. The summed E-state index contributed by atoms with van der Waals surface area (Å²) in [5.41, 5.74) is 0. The molecule has 50 heavy (non-hydrogen) atoms. The smallest absolute Gasteiger partial charge is 0.220 e. The van der Waals surface area contributed by atoms with Crippen LogP contribution in [0.25, 0.3) is 0 Å². The number of allylic oxidation sites excluding steroid dienone is 9. The van der Waals surface area contributed by atoms with Crippen molar-refractivity contribution in [2.24, 2.45) is 0 Å². The molecule has 0 radical (unpaired) electrons. The van der Waals surface area contributed by atoms with Gasteiger partial charge in [-0.1, -0.05) is 184 Å². The minimum atomic E-state index is -0.873. The normalized spacial score (nSPS) is 13.6. The summed E-state index contributed by atoms with van der Waals surface area (Å²) in [5.74, 6) is -0.0845. The highest BCUT2D eigenvalue weighted by molar-refractivity contribution is 5.76. The Morgan fingerprint density at radius 2 is 0.840 bits per heavy atom. The fourth-order valence-electron chi connectivity index (χ4n) is 6.12. The van der Waals surface area contributed by atoms with Gasteiger partial charge < -0.3 is 15.5 Å². The zero-order valence-electron chi connectivity index (χ0n) is 33.2. The zero-order valence-corrected chi connectivity index (χ0v) is 33.2. The van der Waals surface area contributed by atoms with E-state index in [1.54, 1.807) is 6.08 Å². The Kier molecular flexibility index (Phi) is 39.9. The number of rotatable bonds is 38. The van der Waals surface area contributed by atoms with Gasteiger partial charge in [0.2, 0.25) is 5.91 Å². The van der Waals surface area contributed by atoms with Crippen LogP contribution in [-0.4, -0.2) is 34.9 Å². The Labute approximate surface area is 311 Å². The van der Waals surface area contributed by atoms with Crippen LogP contribution in [-0.2, 0) is 4.79 Å². The van der Waals surface area contributed by atoms with E-state index in [0.717, 1.165) is 44.9 Å². The van der Waals surface area contributed by atoms with Gasteiger partial charge in [0.05, 0.1) is 18.8 Å². The molecule has 0 fully saturated rings. The van der Waals surface area contributed by atoms with Gasteiger partial charge in [0.1, 0.15) is 0 Å². The number of aliphatic hydroxyl groups excluding tert-OH is 2. The summed E-state index contributed by atoms with van der Waals surface area (Å²) in [4.78, 5) is 12.4. The fraction of sp³-hybridized carbons (Fsp3) is 0.761. The SMILES string of the molecule is CCCCCCC/C=C\C/C=C\CCCCCCCCCCCC(=O)NC(CO)C(O)/C=C/CC/C=C/CC/C=C/CCCCCCCCC. The zero-order chi connectivity index (χ0) is 36.4. The molecule has 0 aliphatic carbocycles. The average Bonchev–Trinajstić information content (AvgIpc) is 3.12. The molecule has 0 saturated heterocycles. The first kappa shape index (κ1) is 48.1. The lowest BCUT2D eigenvalue weighted by Gasteiger charge is -2.19. The van der Waals surface area contributed by atoms with Crippen molar-refractivity contribution < 1.29 is 15.0 Å². The van der Waals surface area contributed by atoms with Crippen LogP contribution in [0.2, 0.25) is 0 Å². The van der Waals surface area contributed by atoms with Crippen molar-refractivity contribution in [2.45, 2.75) is 219 Å². The first-order valence-corrected chi connectivity index (χ1v) is 21.5. The third-order valence-corrected chi connectivity index (χ3v) is 9.45. The Morgan fingerprint density at radius 1 is 0.480 bits per heavy atom. The second-order valence-electron chi connectivity index (χ2n) is 14.4. The van der Waals surface area contributed by atoms with E-state index in [2.05, 4.69) is 67.8 Å². The van der Waals surface area contributed by atoms with E-state index in [1.165, 1.54) is 141 Å². The van der Waals surface area contributed by atoms with Gasteiger partial charge in [-0.05, 0) is 77.0 Å². The minimum absolute atomic E-state index is 0.0845. The van der Waals surface area contributed by atoms with E-state index in [9.17, 15) is 15.0 Å². The van der Waals surface area contributed by atoms with Crippen LogP contribution in [0, 0.1) is 0 Å². The van der Waals surface area contributed by atoms with Gasteiger partial charge in [-0.15, -0.1) is 0 Å². The van der Waals surface area contributed by atoms with E-state index in [-0.39, 0.29) is 12.5 Å². The maximum atomic E-state index is 12.4. The minimum Gasteiger partial charge on any atom is -0.394 e. The largest absolute Gasteiger partial charge is 0.394 e. The topological polar surface area (TPSA) is 69.6 Å².